The molecule has 148 valence electrons. The van der Waals surface area contributed by atoms with Crippen molar-refractivity contribution in [1.29, 1.82) is 0 Å². The van der Waals surface area contributed by atoms with Gasteiger partial charge < -0.3 is 15.1 Å². The van der Waals surface area contributed by atoms with E-state index in [1.54, 1.807) is 29.2 Å². The van der Waals surface area contributed by atoms with E-state index in [-0.39, 0.29) is 30.6 Å². The van der Waals surface area contributed by atoms with E-state index >= 15 is 0 Å². The number of alkyl halides is 3. The lowest BCUT2D eigenvalue weighted by molar-refractivity contribution is -0.137. The molecule has 2 aromatic rings. The molecule has 0 saturated carbocycles. The van der Waals surface area contributed by atoms with E-state index in [1.807, 2.05) is 0 Å². The number of nitrogens with zero attached hydrogens (tertiary/aromatic N) is 2. The summed E-state index contributed by atoms with van der Waals surface area (Å²) in [5.74, 6) is -0.361. The summed E-state index contributed by atoms with van der Waals surface area (Å²) in [6.07, 6.45) is -4.44. The SMILES string of the molecule is O=C(Nc1ccccc1Cl)N1CCN(C(=O)c2ccc(C(F)(F)F)cc2)CC1. The number of urea groups is 1. The second-order valence-electron chi connectivity index (χ2n) is 6.26. The van der Waals surface area contributed by atoms with Gasteiger partial charge in [0.15, 0.2) is 0 Å². The first-order chi connectivity index (χ1) is 13.3. The lowest BCUT2D eigenvalue weighted by Crippen LogP contribution is -2.51. The summed E-state index contributed by atoms with van der Waals surface area (Å²) in [4.78, 5) is 27.9. The van der Waals surface area contributed by atoms with E-state index in [0.717, 1.165) is 12.1 Å². The van der Waals surface area contributed by atoms with Gasteiger partial charge in [0, 0.05) is 31.7 Å². The Morgan fingerprint density at radius 2 is 1.46 bits per heavy atom. The van der Waals surface area contributed by atoms with Crippen LogP contribution in [0.3, 0.4) is 0 Å². The molecule has 9 heteroatoms. The van der Waals surface area contributed by atoms with Crippen LogP contribution in [-0.4, -0.2) is 47.9 Å². The predicted octanol–water partition coefficient (Wildman–Crippen LogP) is 4.35. The number of anilines is 1. The summed E-state index contributed by atoms with van der Waals surface area (Å²) in [5.41, 5.74) is -0.121. The van der Waals surface area contributed by atoms with Crippen molar-refractivity contribution in [2.24, 2.45) is 0 Å². The number of hydrogen-bond donors (Lipinski definition) is 1. The quantitative estimate of drug-likeness (QED) is 0.798. The van der Waals surface area contributed by atoms with Crippen molar-refractivity contribution in [3.05, 3.63) is 64.7 Å². The van der Waals surface area contributed by atoms with E-state index in [4.69, 9.17) is 11.6 Å². The first kappa shape index (κ1) is 20.0. The maximum absolute atomic E-state index is 12.6. The Hall–Kier alpha value is -2.74. The van der Waals surface area contributed by atoms with Crippen LogP contribution in [0.2, 0.25) is 5.02 Å². The van der Waals surface area contributed by atoms with E-state index in [0.29, 0.717) is 23.8 Å². The van der Waals surface area contributed by atoms with Crippen LogP contribution in [0.25, 0.3) is 0 Å². The Morgan fingerprint density at radius 3 is 2.04 bits per heavy atom. The molecule has 2 aromatic carbocycles. The van der Waals surface area contributed by atoms with Gasteiger partial charge in [-0.2, -0.15) is 13.2 Å². The van der Waals surface area contributed by atoms with Gasteiger partial charge in [-0.05, 0) is 36.4 Å². The number of benzene rings is 2. The largest absolute Gasteiger partial charge is 0.416 e. The molecular weight excluding hydrogens is 395 g/mol. The Balaban J connectivity index is 1.56. The van der Waals surface area contributed by atoms with Crippen LogP contribution in [0, 0.1) is 0 Å². The van der Waals surface area contributed by atoms with Crippen molar-refractivity contribution >= 4 is 29.2 Å². The molecule has 1 N–H and O–H groups in total. The molecule has 28 heavy (non-hydrogen) atoms. The third-order valence-corrected chi connectivity index (χ3v) is 4.76. The number of rotatable bonds is 2. The van der Waals surface area contributed by atoms with Gasteiger partial charge in [-0.15, -0.1) is 0 Å². The molecule has 0 unspecified atom stereocenters. The molecule has 1 aliphatic rings. The number of carbonyl (C=O) groups excluding carboxylic acids is 2. The molecule has 0 spiro atoms. The first-order valence-corrected chi connectivity index (χ1v) is 8.90. The lowest BCUT2D eigenvalue weighted by Gasteiger charge is -2.34. The van der Waals surface area contributed by atoms with Gasteiger partial charge in [0.05, 0.1) is 16.3 Å². The van der Waals surface area contributed by atoms with Crippen LogP contribution in [0.5, 0.6) is 0 Å². The minimum atomic E-state index is -4.44. The topological polar surface area (TPSA) is 52.7 Å². The molecule has 1 fully saturated rings. The number of halogens is 4. The van der Waals surface area contributed by atoms with Crippen LogP contribution >= 0.6 is 11.6 Å². The molecule has 1 aliphatic heterocycles. The van der Waals surface area contributed by atoms with E-state index in [2.05, 4.69) is 5.32 Å². The summed E-state index contributed by atoms with van der Waals surface area (Å²) >= 11 is 6.02. The van der Waals surface area contributed by atoms with Crippen molar-refractivity contribution in [3.8, 4) is 0 Å². The van der Waals surface area contributed by atoms with Crippen LogP contribution in [0.15, 0.2) is 48.5 Å². The van der Waals surface area contributed by atoms with Gasteiger partial charge in [0.25, 0.3) is 5.91 Å². The van der Waals surface area contributed by atoms with Gasteiger partial charge in [-0.3, -0.25) is 4.79 Å². The molecule has 0 atom stereocenters. The second-order valence-corrected chi connectivity index (χ2v) is 6.67. The number of amides is 3. The Bertz CT molecular complexity index is 863. The average Bonchev–Trinajstić information content (AvgIpc) is 2.69. The normalized spacial score (nSPS) is 14.7. The minimum absolute atomic E-state index is 0.182. The highest BCUT2D eigenvalue weighted by molar-refractivity contribution is 6.33. The first-order valence-electron chi connectivity index (χ1n) is 8.53. The highest BCUT2D eigenvalue weighted by Gasteiger charge is 2.31. The van der Waals surface area contributed by atoms with Crippen molar-refractivity contribution in [2.45, 2.75) is 6.18 Å². The molecule has 0 bridgehead atoms. The third kappa shape index (κ3) is 4.56. The Labute approximate surface area is 164 Å². The predicted molar refractivity (Wildman–Crippen MR) is 99.4 cm³/mol. The molecule has 1 saturated heterocycles. The highest BCUT2D eigenvalue weighted by atomic mass is 35.5. The van der Waals surface area contributed by atoms with Crippen LogP contribution < -0.4 is 5.32 Å². The fraction of sp³-hybridized carbons (Fsp3) is 0.263. The maximum Gasteiger partial charge on any atom is 0.416 e. The average molecular weight is 412 g/mol. The number of carbonyl (C=O) groups is 2. The van der Waals surface area contributed by atoms with Crippen molar-refractivity contribution < 1.29 is 22.8 Å². The zero-order valence-corrected chi connectivity index (χ0v) is 15.4. The molecule has 1 heterocycles. The van der Waals surface area contributed by atoms with Gasteiger partial charge >= 0.3 is 12.2 Å². The van der Waals surface area contributed by atoms with E-state index < -0.39 is 11.7 Å². The number of hydrogen-bond acceptors (Lipinski definition) is 2. The highest BCUT2D eigenvalue weighted by Crippen LogP contribution is 2.29. The van der Waals surface area contributed by atoms with Gasteiger partial charge in [0.1, 0.15) is 0 Å². The molecule has 0 aromatic heterocycles. The number of para-hydroxylation sites is 1. The van der Waals surface area contributed by atoms with Gasteiger partial charge in [-0.25, -0.2) is 4.79 Å². The van der Waals surface area contributed by atoms with Gasteiger partial charge in [-0.1, -0.05) is 23.7 Å². The molecule has 0 radical (unpaired) electrons. The monoisotopic (exact) mass is 411 g/mol. The van der Waals surface area contributed by atoms with Gasteiger partial charge in [0.2, 0.25) is 0 Å². The van der Waals surface area contributed by atoms with E-state index in [9.17, 15) is 22.8 Å². The van der Waals surface area contributed by atoms with Crippen molar-refractivity contribution in [2.75, 3.05) is 31.5 Å². The Kier molecular flexibility index (Phi) is 5.79. The Morgan fingerprint density at radius 1 is 0.893 bits per heavy atom. The standard InChI is InChI=1S/C19H17ClF3N3O2/c20-15-3-1-2-4-16(15)24-18(28)26-11-9-25(10-12-26)17(27)13-5-7-14(8-6-13)19(21,22)23/h1-8H,9-12H2,(H,24,28). The van der Waals surface area contributed by atoms with Crippen LogP contribution in [-0.2, 0) is 6.18 Å². The fourth-order valence-corrected chi connectivity index (χ4v) is 3.04. The maximum atomic E-state index is 12.6. The minimum Gasteiger partial charge on any atom is -0.335 e. The molecule has 5 nitrogen and oxygen atoms in total. The summed E-state index contributed by atoms with van der Waals surface area (Å²) in [5, 5.41) is 3.14. The van der Waals surface area contributed by atoms with Crippen molar-refractivity contribution in [1.82, 2.24) is 9.80 Å². The smallest absolute Gasteiger partial charge is 0.335 e. The summed E-state index contributed by atoms with van der Waals surface area (Å²) in [6, 6.07) is 10.6. The zero-order valence-electron chi connectivity index (χ0n) is 14.7. The molecular formula is C19H17ClF3N3O2. The third-order valence-electron chi connectivity index (χ3n) is 4.43. The van der Waals surface area contributed by atoms with Crippen LogP contribution in [0.4, 0.5) is 23.7 Å². The summed E-state index contributed by atoms with van der Waals surface area (Å²) < 4.78 is 37.9. The second kappa shape index (κ2) is 8.10. The molecule has 0 aliphatic carbocycles. The summed E-state index contributed by atoms with van der Waals surface area (Å²) in [7, 11) is 0. The zero-order chi connectivity index (χ0) is 20.3. The van der Waals surface area contributed by atoms with Crippen LogP contribution in [0.1, 0.15) is 15.9 Å². The fourth-order valence-electron chi connectivity index (χ4n) is 2.85. The van der Waals surface area contributed by atoms with Crippen molar-refractivity contribution in [3.63, 3.8) is 0 Å². The number of piperazine rings is 1. The number of nitrogens with one attached hydrogen (secondary N) is 1. The van der Waals surface area contributed by atoms with E-state index in [1.165, 1.54) is 17.0 Å². The summed E-state index contributed by atoms with van der Waals surface area (Å²) in [6.45, 7) is 1.19. The molecule has 3 rings (SSSR count). The lowest BCUT2D eigenvalue weighted by atomic mass is 10.1. The molecule has 3 amide bonds.